The molecule has 0 aliphatic carbocycles. The average Bonchev–Trinajstić information content (AvgIpc) is 2.62. The van der Waals surface area contributed by atoms with Crippen molar-refractivity contribution in [2.24, 2.45) is 5.92 Å². The summed E-state index contributed by atoms with van der Waals surface area (Å²) < 4.78 is 0. The Labute approximate surface area is 137 Å². The molecule has 1 aromatic heterocycles. The van der Waals surface area contributed by atoms with Gasteiger partial charge in [0.1, 0.15) is 0 Å². The quantitative estimate of drug-likeness (QED) is 0.651. The third-order valence-corrected chi connectivity index (χ3v) is 4.89. The predicted molar refractivity (Wildman–Crippen MR) is 97.8 cm³/mol. The van der Waals surface area contributed by atoms with E-state index in [0.717, 1.165) is 30.2 Å². The first kappa shape index (κ1) is 14.3. The van der Waals surface area contributed by atoms with Gasteiger partial charge in [-0.2, -0.15) is 0 Å². The van der Waals surface area contributed by atoms with Crippen molar-refractivity contribution in [3.8, 4) is 11.3 Å². The summed E-state index contributed by atoms with van der Waals surface area (Å²) >= 11 is 0. The first-order chi connectivity index (χ1) is 11.3. The van der Waals surface area contributed by atoms with E-state index in [1.54, 1.807) is 0 Å². The molecule has 3 aromatic rings. The van der Waals surface area contributed by atoms with Crippen LogP contribution in [0.5, 0.6) is 0 Å². The lowest BCUT2D eigenvalue weighted by Gasteiger charge is -2.33. The molecule has 1 fully saturated rings. The molecule has 2 heterocycles. The average molecular weight is 302 g/mol. The van der Waals surface area contributed by atoms with Gasteiger partial charge in [0, 0.05) is 29.7 Å². The number of aromatic nitrogens is 1. The van der Waals surface area contributed by atoms with E-state index in [4.69, 9.17) is 4.98 Å². The van der Waals surface area contributed by atoms with E-state index in [2.05, 4.69) is 72.5 Å². The number of fused-ring (bicyclic) bond motifs is 1. The van der Waals surface area contributed by atoms with Gasteiger partial charge in [0.25, 0.3) is 0 Å². The number of hydrogen-bond donors (Lipinski definition) is 0. The van der Waals surface area contributed by atoms with Crippen molar-refractivity contribution >= 4 is 16.6 Å². The van der Waals surface area contributed by atoms with Crippen LogP contribution in [-0.4, -0.2) is 18.1 Å². The van der Waals surface area contributed by atoms with Crippen LogP contribution in [-0.2, 0) is 0 Å². The zero-order chi connectivity index (χ0) is 15.6. The van der Waals surface area contributed by atoms with E-state index in [1.165, 1.54) is 29.5 Å². The Morgan fingerprint density at radius 3 is 2.39 bits per heavy atom. The van der Waals surface area contributed by atoms with Crippen LogP contribution in [0.1, 0.15) is 19.8 Å². The lowest BCUT2D eigenvalue weighted by molar-refractivity contribution is 0.439. The largest absolute Gasteiger partial charge is 0.371 e. The van der Waals surface area contributed by atoms with Crippen molar-refractivity contribution in [1.82, 2.24) is 4.98 Å². The maximum absolute atomic E-state index is 4.89. The van der Waals surface area contributed by atoms with Crippen LogP contribution in [0.2, 0.25) is 0 Å². The first-order valence-corrected chi connectivity index (χ1v) is 8.51. The van der Waals surface area contributed by atoms with Gasteiger partial charge in [-0.3, -0.25) is 0 Å². The predicted octanol–water partition coefficient (Wildman–Crippen LogP) is 5.14. The molecule has 116 valence electrons. The van der Waals surface area contributed by atoms with Crippen LogP contribution in [0.15, 0.2) is 60.7 Å². The fourth-order valence-corrected chi connectivity index (χ4v) is 3.42. The Balaban J connectivity index is 1.84. The van der Waals surface area contributed by atoms with E-state index >= 15 is 0 Å². The number of para-hydroxylation sites is 1. The molecule has 0 spiro atoms. The van der Waals surface area contributed by atoms with Crippen molar-refractivity contribution in [3.63, 3.8) is 0 Å². The second kappa shape index (κ2) is 6.04. The summed E-state index contributed by atoms with van der Waals surface area (Å²) in [6.45, 7) is 4.64. The molecule has 2 heteroatoms. The van der Waals surface area contributed by atoms with Crippen LogP contribution in [0, 0.1) is 5.92 Å². The maximum Gasteiger partial charge on any atom is 0.0730 e. The van der Waals surface area contributed by atoms with Gasteiger partial charge >= 0.3 is 0 Å². The Bertz CT molecular complexity index is 802. The third-order valence-electron chi connectivity index (χ3n) is 4.89. The highest BCUT2D eigenvalue weighted by Gasteiger charge is 2.19. The Morgan fingerprint density at radius 2 is 1.61 bits per heavy atom. The third kappa shape index (κ3) is 2.81. The number of anilines is 1. The van der Waals surface area contributed by atoms with Gasteiger partial charge in [0.2, 0.25) is 0 Å². The minimum Gasteiger partial charge on any atom is -0.371 e. The molecule has 1 aliphatic rings. The molecule has 1 aliphatic heterocycles. The molecule has 1 saturated heterocycles. The molecule has 2 aromatic carbocycles. The molecule has 4 rings (SSSR count). The summed E-state index contributed by atoms with van der Waals surface area (Å²) in [6.07, 6.45) is 2.55. The smallest absolute Gasteiger partial charge is 0.0730 e. The Kier molecular flexibility index (Phi) is 3.74. The number of rotatable bonds is 2. The fraction of sp³-hybridized carbons (Fsp3) is 0.286. The molecular formula is C21H22N2. The number of benzene rings is 2. The summed E-state index contributed by atoms with van der Waals surface area (Å²) in [5, 5.41) is 1.27. The van der Waals surface area contributed by atoms with Crippen molar-refractivity contribution in [2.75, 3.05) is 18.0 Å². The van der Waals surface area contributed by atoms with Gasteiger partial charge in [0.15, 0.2) is 0 Å². The molecular weight excluding hydrogens is 280 g/mol. The molecule has 2 nitrogen and oxygen atoms in total. The second-order valence-electron chi connectivity index (χ2n) is 6.58. The lowest BCUT2D eigenvalue weighted by atomic mass is 9.98. The summed E-state index contributed by atoms with van der Waals surface area (Å²) in [5.41, 5.74) is 4.67. The van der Waals surface area contributed by atoms with Crippen molar-refractivity contribution in [3.05, 3.63) is 60.7 Å². The summed E-state index contributed by atoms with van der Waals surface area (Å²) in [4.78, 5) is 7.43. The molecule has 23 heavy (non-hydrogen) atoms. The SMILES string of the molecule is CC1CCN(c2cc(-c3ccccc3)nc3ccccc23)CC1. The normalized spacial score (nSPS) is 16.0. The van der Waals surface area contributed by atoms with Gasteiger partial charge < -0.3 is 4.90 Å². The van der Waals surface area contributed by atoms with Crippen molar-refractivity contribution in [2.45, 2.75) is 19.8 Å². The molecule has 0 amide bonds. The van der Waals surface area contributed by atoms with E-state index in [-0.39, 0.29) is 0 Å². The number of piperidine rings is 1. The summed E-state index contributed by atoms with van der Waals surface area (Å²) in [5.74, 6) is 0.841. The second-order valence-corrected chi connectivity index (χ2v) is 6.58. The highest BCUT2D eigenvalue weighted by atomic mass is 15.1. The van der Waals surface area contributed by atoms with Crippen LogP contribution < -0.4 is 4.90 Å². The van der Waals surface area contributed by atoms with Crippen molar-refractivity contribution in [1.29, 1.82) is 0 Å². The molecule has 0 unspecified atom stereocenters. The van der Waals surface area contributed by atoms with Crippen LogP contribution in [0.25, 0.3) is 22.2 Å². The van der Waals surface area contributed by atoms with Gasteiger partial charge in [-0.15, -0.1) is 0 Å². The van der Waals surface area contributed by atoms with E-state index in [0.29, 0.717) is 0 Å². The van der Waals surface area contributed by atoms with E-state index < -0.39 is 0 Å². The monoisotopic (exact) mass is 302 g/mol. The van der Waals surface area contributed by atoms with Gasteiger partial charge in [-0.25, -0.2) is 4.98 Å². The van der Waals surface area contributed by atoms with Crippen LogP contribution in [0.4, 0.5) is 5.69 Å². The van der Waals surface area contributed by atoms with Gasteiger partial charge in [-0.05, 0) is 30.9 Å². The number of hydrogen-bond acceptors (Lipinski definition) is 2. The first-order valence-electron chi connectivity index (χ1n) is 8.51. The minimum atomic E-state index is 0.841. The molecule has 0 bridgehead atoms. The van der Waals surface area contributed by atoms with Crippen LogP contribution >= 0.6 is 0 Å². The molecule has 0 radical (unpaired) electrons. The maximum atomic E-state index is 4.89. The minimum absolute atomic E-state index is 0.841. The molecule has 0 saturated carbocycles. The van der Waals surface area contributed by atoms with E-state index in [1.807, 2.05) is 0 Å². The van der Waals surface area contributed by atoms with E-state index in [9.17, 15) is 0 Å². The lowest BCUT2D eigenvalue weighted by Crippen LogP contribution is -2.32. The van der Waals surface area contributed by atoms with Gasteiger partial charge in [-0.1, -0.05) is 55.5 Å². The summed E-state index contributed by atoms with van der Waals surface area (Å²) in [6, 6.07) is 21.3. The Hall–Kier alpha value is -2.35. The highest BCUT2D eigenvalue weighted by Crippen LogP contribution is 2.33. The zero-order valence-corrected chi connectivity index (χ0v) is 13.6. The summed E-state index contributed by atoms with van der Waals surface area (Å²) in [7, 11) is 0. The zero-order valence-electron chi connectivity index (χ0n) is 13.6. The highest BCUT2D eigenvalue weighted by molar-refractivity contribution is 5.94. The number of pyridine rings is 1. The fourth-order valence-electron chi connectivity index (χ4n) is 3.42. The van der Waals surface area contributed by atoms with Crippen molar-refractivity contribution < 1.29 is 0 Å². The van der Waals surface area contributed by atoms with Crippen LogP contribution in [0.3, 0.4) is 0 Å². The molecule has 0 N–H and O–H groups in total. The van der Waals surface area contributed by atoms with Gasteiger partial charge in [0.05, 0.1) is 11.2 Å². The topological polar surface area (TPSA) is 16.1 Å². The standard InChI is InChI=1S/C21H22N2/c1-16-11-13-23(14-12-16)21-15-20(17-7-3-2-4-8-17)22-19-10-6-5-9-18(19)21/h2-10,15-16H,11-14H2,1H3. The Morgan fingerprint density at radius 1 is 0.913 bits per heavy atom. The molecule has 0 atom stereocenters. The number of nitrogens with zero attached hydrogens (tertiary/aromatic N) is 2.